The second-order valence-corrected chi connectivity index (χ2v) is 8.06. The van der Waals surface area contributed by atoms with Crippen molar-refractivity contribution in [1.82, 2.24) is 5.01 Å². The molecule has 0 aliphatic carbocycles. The molecule has 1 N–H and O–H groups in total. The van der Waals surface area contributed by atoms with E-state index in [1.807, 2.05) is 48.5 Å². The van der Waals surface area contributed by atoms with Gasteiger partial charge in [-0.15, -0.1) is 0 Å². The van der Waals surface area contributed by atoms with Crippen LogP contribution >= 0.6 is 0 Å². The fourth-order valence-electron chi connectivity index (χ4n) is 4.75. The van der Waals surface area contributed by atoms with Crippen molar-refractivity contribution in [3.8, 4) is 11.5 Å². The van der Waals surface area contributed by atoms with Gasteiger partial charge in [0.05, 0.1) is 35.0 Å². The number of hydrogen-bond acceptors (Lipinski definition) is 7. The van der Waals surface area contributed by atoms with Crippen LogP contribution in [0.3, 0.4) is 0 Å². The number of nitrogens with zero attached hydrogens (tertiary/aromatic N) is 3. The Labute approximate surface area is 188 Å². The molecular formula is C24H18N4O5. The van der Waals surface area contributed by atoms with Gasteiger partial charge in [-0.1, -0.05) is 18.2 Å². The molecule has 0 aromatic heterocycles. The number of non-ortho nitro benzene ring substituents is 1. The molecule has 0 saturated carbocycles. The van der Waals surface area contributed by atoms with Crippen LogP contribution in [0.1, 0.15) is 29.2 Å². The van der Waals surface area contributed by atoms with E-state index >= 15 is 0 Å². The lowest BCUT2D eigenvalue weighted by molar-refractivity contribution is -0.385. The van der Waals surface area contributed by atoms with Gasteiger partial charge in [0.1, 0.15) is 11.5 Å². The third-order valence-electron chi connectivity index (χ3n) is 6.33. The summed E-state index contributed by atoms with van der Waals surface area (Å²) in [5, 5.41) is 20.8. The average Bonchev–Trinajstić information content (AvgIpc) is 3.40. The van der Waals surface area contributed by atoms with E-state index in [1.54, 1.807) is 12.1 Å². The number of carbonyl (C=O) groups is 1. The lowest BCUT2D eigenvalue weighted by atomic mass is 9.92. The number of fused-ring (bicyclic) bond motifs is 6. The molecule has 6 rings (SSSR count). The highest BCUT2D eigenvalue weighted by Crippen LogP contribution is 2.54. The topological polar surface area (TPSA) is 106 Å². The van der Waals surface area contributed by atoms with Crippen molar-refractivity contribution in [2.24, 2.45) is 5.10 Å². The largest absolute Gasteiger partial charge is 0.497 e. The third kappa shape index (κ3) is 2.65. The number of carbonyl (C=O) groups excluding carboxylic acids is 1. The number of methoxy groups -OCH3 is 1. The van der Waals surface area contributed by atoms with E-state index in [-0.39, 0.29) is 11.7 Å². The summed E-state index contributed by atoms with van der Waals surface area (Å²) >= 11 is 0. The van der Waals surface area contributed by atoms with Gasteiger partial charge >= 0.3 is 5.72 Å². The minimum absolute atomic E-state index is 0.123. The van der Waals surface area contributed by atoms with E-state index in [9.17, 15) is 14.9 Å². The van der Waals surface area contributed by atoms with Crippen molar-refractivity contribution < 1.29 is 19.2 Å². The van der Waals surface area contributed by atoms with Crippen LogP contribution in [0.15, 0.2) is 71.8 Å². The fraction of sp³-hybridized carbons (Fsp3) is 0.167. The summed E-state index contributed by atoms with van der Waals surface area (Å²) in [6.07, 6.45) is 0.548. The lowest BCUT2D eigenvalue weighted by Gasteiger charge is -2.43. The SMILES string of the molecule is COc1ccc(C2=NN3[C@H](C2)c2ccccc2O[C@@]32C(=O)Nc3ccc([N+](=O)[O-])cc32)cc1. The van der Waals surface area contributed by atoms with E-state index in [0.29, 0.717) is 23.4 Å². The molecule has 1 spiro atoms. The van der Waals surface area contributed by atoms with E-state index < -0.39 is 16.6 Å². The van der Waals surface area contributed by atoms with Gasteiger partial charge in [-0.05, 0) is 42.0 Å². The van der Waals surface area contributed by atoms with E-state index in [0.717, 1.165) is 22.6 Å². The van der Waals surface area contributed by atoms with E-state index in [2.05, 4.69) is 5.32 Å². The van der Waals surface area contributed by atoms with Crippen molar-refractivity contribution in [2.45, 2.75) is 18.2 Å². The Morgan fingerprint density at radius 3 is 2.73 bits per heavy atom. The van der Waals surface area contributed by atoms with Crippen LogP contribution in [0.5, 0.6) is 11.5 Å². The number of rotatable bonds is 3. The highest BCUT2D eigenvalue weighted by atomic mass is 16.6. The number of hydrazone groups is 1. The Hall–Kier alpha value is -4.40. The summed E-state index contributed by atoms with van der Waals surface area (Å²) in [6.45, 7) is 0. The Kier molecular flexibility index (Phi) is 3.97. The minimum atomic E-state index is -1.64. The molecule has 9 heteroatoms. The van der Waals surface area contributed by atoms with E-state index in [1.165, 1.54) is 18.2 Å². The molecule has 3 aliphatic heterocycles. The number of para-hydroxylation sites is 1. The molecule has 0 fully saturated rings. The molecule has 0 radical (unpaired) electrons. The van der Waals surface area contributed by atoms with Crippen LogP contribution in [-0.2, 0) is 10.5 Å². The van der Waals surface area contributed by atoms with Crippen molar-refractivity contribution in [2.75, 3.05) is 12.4 Å². The first kappa shape index (κ1) is 19.3. The second kappa shape index (κ2) is 6.80. The predicted octanol–water partition coefficient (Wildman–Crippen LogP) is 3.95. The molecular weight excluding hydrogens is 424 g/mol. The fourth-order valence-corrected chi connectivity index (χ4v) is 4.75. The maximum Gasteiger partial charge on any atom is 0.306 e. The lowest BCUT2D eigenvalue weighted by Crippen LogP contribution is -2.55. The number of nitro benzene ring substituents is 1. The van der Waals surface area contributed by atoms with Crippen molar-refractivity contribution in [3.05, 3.63) is 93.5 Å². The summed E-state index contributed by atoms with van der Waals surface area (Å²) in [6, 6.07) is 19.1. The molecule has 2 atom stereocenters. The van der Waals surface area contributed by atoms with Gasteiger partial charge < -0.3 is 14.8 Å². The second-order valence-electron chi connectivity index (χ2n) is 8.06. The molecule has 9 nitrogen and oxygen atoms in total. The van der Waals surface area contributed by atoms with Gasteiger partial charge in [-0.2, -0.15) is 5.10 Å². The van der Waals surface area contributed by atoms with Crippen molar-refractivity contribution in [1.29, 1.82) is 0 Å². The van der Waals surface area contributed by atoms with Crippen LogP contribution in [0.2, 0.25) is 0 Å². The van der Waals surface area contributed by atoms with Crippen LogP contribution in [0.25, 0.3) is 0 Å². The monoisotopic (exact) mass is 442 g/mol. The van der Waals surface area contributed by atoms with Crippen LogP contribution < -0.4 is 14.8 Å². The maximum absolute atomic E-state index is 13.4. The first-order valence-corrected chi connectivity index (χ1v) is 10.4. The third-order valence-corrected chi connectivity index (χ3v) is 6.33. The quantitative estimate of drug-likeness (QED) is 0.486. The standard InChI is InChI=1S/C24H18N4O5/c1-32-16-9-6-14(7-10-16)20-13-21-17-4-2-3-5-22(17)33-24(27(21)26-20)18-12-15(28(30)31)8-11-19(18)25-23(24)29/h2-12,21H,13H2,1H3,(H,25,29)/t21-,24+/m1/s1. The van der Waals surface area contributed by atoms with Gasteiger partial charge in [0, 0.05) is 24.1 Å². The van der Waals surface area contributed by atoms with Gasteiger partial charge in [-0.3, -0.25) is 14.9 Å². The molecule has 164 valence electrons. The van der Waals surface area contributed by atoms with E-state index in [4.69, 9.17) is 14.6 Å². The number of anilines is 1. The zero-order valence-corrected chi connectivity index (χ0v) is 17.5. The summed E-state index contributed by atoms with van der Waals surface area (Å²) < 4.78 is 11.6. The predicted molar refractivity (Wildman–Crippen MR) is 119 cm³/mol. The molecule has 3 heterocycles. The molecule has 3 aromatic carbocycles. The number of amides is 1. The summed E-state index contributed by atoms with van der Waals surface area (Å²) in [5.41, 5.74) is 1.67. The number of nitrogens with one attached hydrogen (secondary N) is 1. The van der Waals surface area contributed by atoms with Crippen LogP contribution in [-0.4, -0.2) is 28.7 Å². The Bertz CT molecular complexity index is 1350. The Morgan fingerprint density at radius 2 is 1.97 bits per heavy atom. The summed E-state index contributed by atoms with van der Waals surface area (Å²) in [5.74, 6) is 0.855. The summed E-state index contributed by atoms with van der Waals surface area (Å²) in [4.78, 5) is 24.4. The molecule has 0 saturated heterocycles. The maximum atomic E-state index is 13.4. The normalized spacial score (nSPS) is 22.1. The zero-order valence-electron chi connectivity index (χ0n) is 17.5. The molecule has 33 heavy (non-hydrogen) atoms. The Balaban J connectivity index is 1.54. The zero-order chi connectivity index (χ0) is 22.7. The Morgan fingerprint density at radius 1 is 1.18 bits per heavy atom. The smallest absolute Gasteiger partial charge is 0.306 e. The first-order chi connectivity index (χ1) is 16.0. The van der Waals surface area contributed by atoms with Gasteiger partial charge in [0.2, 0.25) is 0 Å². The molecule has 0 bridgehead atoms. The molecule has 3 aromatic rings. The highest BCUT2D eigenvalue weighted by molar-refractivity contribution is 6.07. The molecule has 0 unspecified atom stereocenters. The van der Waals surface area contributed by atoms with Gasteiger partial charge in [0.15, 0.2) is 0 Å². The number of hydrogen-bond donors (Lipinski definition) is 1. The minimum Gasteiger partial charge on any atom is -0.497 e. The van der Waals surface area contributed by atoms with Gasteiger partial charge in [-0.25, -0.2) is 5.01 Å². The van der Waals surface area contributed by atoms with Crippen molar-refractivity contribution >= 4 is 23.0 Å². The number of ether oxygens (including phenoxy) is 2. The molecule has 3 aliphatic rings. The van der Waals surface area contributed by atoms with Crippen molar-refractivity contribution in [3.63, 3.8) is 0 Å². The number of nitro groups is 1. The van der Waals surface area contributed by atoms with Gasteiger partial charge in [0.25, 0.3) is 11.6 Å². The summed E-state index contributed by atoms with van der Waals surface area (Å²) in [7, 11) is 1.61. The number of benzene rings is 3. The highest BCUT2D eigenvalue weighted by Gasteiger charge is 2.61. The van der Waals surface area contributed by atoms with Crippen LogP contribution in [0.4, 0.5) is 11.4 Å². The van der Waals surface area contributed by atoms with Crippen LogP contribution in [0, 0.1) is 10.1 Å². The molecule has 1 amide bonds. The average molecular weight is 442 g/mol. The first-order valence-electron chi connectivity index (χ1n) is 10.4.